The quantitative estimate of drug-likeness (QED) is 0.572. The van der Waals surface area contributed by atoms with Crippen LogP contribution in [-0.2, 0) is 11.3 Å². The Balaban J connectivity index is 1.28. The molecule has 2 unspecified atom stereocenters. The summed E-state index contributed by atoms with van der Waals surface area (Å²) in [6.07, 6.45) is 11.8. The summed E-state index contributed by atoms with van der Waals surface area (Å²) in [5.74, 6) is 0.774. The van der Waals surface area contributed by atoms with Gasteiger partial charge in [-0.3, -0.25) is 14.7 Å². The zero-order chi connectivity index (χ0) is 22.2. The van der Waals surface area contributed by atoms with Gasteiger partial charge in [0.15, 0.2) is 0 Å². The van der Waals surface area contributed by atoms with Crippen LogP contribution in [0.1, 0.15) is 70.4 Å². The molecule has 5 rings (SSSR count). The van der Waals surface area contributed by atoms with Crippen LogP contribution in [0.5, 0.6) is 5.75 Å². The molecular formula is C26H33ClN2O3. The third-order valence-electron chi connectivity index (χ3n) is 8.10. The van der Waals surface area contributed by atoms with Crippen LogP contribution in [-0.4, -0.2) is 39.1 Å². The van der Waals surface area contributed by atoms with Crippen LogP contribution in [0.3, 0.4) is 0 Å². The van der Waals surface area contributed by atoms with Gasteiger partial charge >= 0.3 is 5.97 Å². The Hall–Kier alpha value is -1.85. The summed E-state index contributed by atoms with van der Waals surface area (Å²) in [6.45, 7) is 3.05. The molecule has 3 fully saturated rings. The maximum absolute atomic E-state index is 11.4. The lowest BCUT2D eigenvalue weighted by Crippen LogP contribution is -2.44. The van der Waals surface area contributed by atoms with Gasteiger partial charge in [-0.25, -0.2) is 0 Å². The minimum Gasteiger partial charge on any atom is -0.489 e. The van der Waals surface area contributed by atoms with Crippen molar-refractivity contribution in [2.45, 2.75) is 89.4 Å². The van der Waals surface area contributed by atoms with Gasteiger partial charge in [-0.1, -0.05) is 31.0 Å². The van der Waals surface area contributed by atoms with E-state index in [0.29, 0.717) is 17.1 Å². The van der Waals surface area contributed by atoms with Crippen LogP contribution in [0.25, 0.3) is 10.8 Å². The molecule has 1 aromatic carbocycles. The smallest absolute Gasteiger partial charge is 0.306 e. The van der Waals surface area contributed by atoms with Crippen molar-refractivity contribution in [3.8, 4) is 5.75 Å². The van der Waals surface area contributed by atoms with Gasteiger partial charge in [0.05, 0.1) is 22.7 Å². The third kappa shape index (κ3) is 4.34. The number of aromatic nitrogens is 1. The number of carboxylic acid groups (broad SMARTS) is 1. The van der Waals surface area contributed by atoms with Crippen molar-refractivity contribution in [1.82, 2.24) is 9.88 Å². The van der Waals surface area contributed by atoms with E-state index in [1.54, 1.807) is 0 Å². The Kier molecular flexibility index (Phi) is 6.31. The average molecular weight is 457 g/mol. The number of piperidine rings is 1. The van der Waals surface area contributed by atoms with Crippen molar-refractivity contribution < 1.29 is 14.6 Å². The molecule has 3 heterocycles. The Bertz CT molecular complexity index is 974. The molecule has 2 saturated heterocycles. The van der Waals surface area contributed by atoms with Gasteiger partial charge in [0.25, 0.3) is 0 Å². The number of halogens is 1. The molecule has 1 aromatic heterocycles. The van der Waals surface area contributed by atoms with Gasteiger partial charge in [0, 0.05) is 30.2 Å². The largest absolute Gasteiger partial charge is 0.489 e. The predicted molar refractivity (Wildman–Crippen MR) is 126 cm³/mol. The Labute approximate surface area is 195 Å². The Morgan fingerprint density at radius 2 is 1.88 bits per heavy atom. The van der Waals surface area contributed by atoms with Gasteiger partial charge in [-0.05, 0) is 74.8 Å². The lowest BCUT2D eigenvalue weighted by Gasteiger charge is -2.37. The van der Waals surface area contributed by atoms with Crippen LogP contribution in [0.4, 0.5) is 0 Å². The second kappa shape index (κ2) is 9.18. The number of aliphatic carboxylic acids is 1. The fourth-order valence-electron chi connectivity index (χ4n) is 6.15. The van der Waals surface area contributed by atoms with Crippen molar-refractivity contribution in [1.29, 1.82) is 0 Å². The van der Waals surface area contributed by atoms with Gasteiger partial charge < -0.3 is 9.84 Å². The van der Waals surface area contributed by atoms with Crippen molar-refractivity contribution >= 4 is 28.3 Å². The SMILES string of the molecule is CCC1CCC(Oc2ccc3cc(CN4C5CCC4CC(C(=O)O)C5)ncc3c2Cl)CC1. The maximum atomic E-state index is 11.4. The number of hydrogen-bond donors (Lipinski definition) is 1. The first-order valence-corrected chi connectivity index (χ1v) is 12.6. The van der Waals surface area contributed by atoms with Crippen molar-refractivity contribution in [2.24, 2.45) is 11.8 Å². The zero-order valence-corrected chi connectivity index (χ0v) is 19.6. The van der Waals surface area contributed by atoms with Gasteiger partial charge in [0.1, 0.15) is 5.75 Å². The van der Waals surface area contributed by atoms with E-state index in [0.717, 1.165) is 73.2 Å². The predicted octanol–water partition coefficient (Wildman–Crippen LogP) is 6.06. The molecular weight excluding hydrogens is 424 g/mol. The van der Waals surface area contributed by atoms with E-state index < -0.39 is 5.97 Å². The molecule has 0 spiro atoms. The molecule has 0 radical (unpaired) electrons. The summed E-state index contributed by atoms with van der Waals surface area (Å²) < 4.78 is 6.29. The van der Waals surface area contributed by atoms with Gasteiger partial charge in [-0.15, -0.1) is 0 Å². The first kappa shape index (κ1) is 22.0. The molecule has 1 saturated carbocycles. The normalized spacial score (nSPS) is 30.5. The molecule has 172 valence electrons. The van der Waals surface area contributed by atoms with Crippen molar-refractivity contribution in [2.75, 3.05) is 0 Å². The number of ether oxygens (including phenoxy) is 1. The number of carbonyl (C=O) groups is 1. The van der Waals surface area contributed by atoms with Crippen LogP contribution < -0.4 is 4.74 Å². The lowest BCUT2D eigenvalue weighted by atomic mass is 9.86. The minimum atomic E-state index is -0.642. The highest BCUT2D eigenvalue weighted by Gasteiger charge is 2.42. The second-order valence-corrected chi connectivity index (χ2v) is 10.4. The number of nitrogens with zero attached hydrogens (tertiary/aromatic N) is 2. The number of rotatable bonds is 6. The van der Waals surface area contributed by atoms with Gasteiger partial charge in [0.2, 0.25) is 0 Å². The molecule has 32 heavy (non-hydrogen) atoms. The monoisotopic (exact) mass is 456 g/mol. The molecule has 2 bridgehead atoms. The highest BCUT2D eigenvalue weighted by Crippen LogP contribution is 2.40. The number of benzene rings is 1. The number of hydrogen-bond acceptors (Lipinski definition) is 4. The van der Waals surface area contributed by atoms with Crippen LogP contribution in [0.15, 0.2) is 24.4 Å². The lowest BCUT2D eigenvalue weighted by molar-refractivity contribution is -0.144. The molecule has 6 heteroatoms. The number of fused-ring (bicyclic) bond motifs is 3. The van der Waals surface area contributed by atoms with Crippen LogP contribution >= 0.6 is 11.6 Å². The first-order chi connectivity index (χ1) is 15.5. The van der Waals surface area contributed by atoms with Crippen LogP contribution in [0, 0.1) is 11.8 Å². The topological polar surface area (TPSA) is 62.7 Å². The number of carboxylic acids is 1. The summed E-state index contributed by atoms with van der Waals surface area (Å²) in [7, 11) is 0. The van der Waals surface area contributed by atoms with Crippen molar-refractivity contribution in [3.63, 3.8) is 0 Å². The maximum Gasteiger partial charge on any atom is 0.306 e. The van der Waals surface area contributed by atoms with E-state index in [-0.39, 0.29) is 12.0 Å². The van der Waals surface area contributed by atoms with E-state index >= 15 is 0 Å². The first-order valence-electron chi connectivity index (χ1n) is 12.2. The summed E-state index contributed by atoms with van der Waals surface area (Å²) in [4.78, 5) is 18.6. The van der Waals surface area contributed by atoms with E-state index in [2.05, 4.69) is 24.0 Å². The van der Waals surface area contributed by atoms with E-state index in [1.165, 1.54) is 19.3 Å². The second-order valence-electron chi connectivity index (χ2n) is 10.0. The summed E-state index contributed by atoms with van der Waals surface area (Å²) in [6, 6.07) is 6.93. The molecule has 2 atom stereocenters. The van der Waals surface area contributed by atoms with Gasteiger partial charge in [-0.2, -0.15) is 0 Å². The minimum absolute atomic E-state index is 0.192. The van der Waals surface area contributed by atoms with E-state index in [1.807, 2.05) is 12.3 Å². The molecule has 2 aliphatic heterocycles. The average Bonchev–Trinajstić information content (AvgIpc) is 3.02. The Morgan fingerprint density at radius 1 is 1.16 bits per heavy atom. The fourth-order valence-corrected chi connectivity index (χ4v) is 6.41. The highest BCUT2D eigenvalue weighted by atomic mass is 35.5. The van der Waals surface area contributed by atoms with Crippen molar-refractivity contribution in [3.05, 3.63) is 35.1 Å². The van der Waals surface area contributed by atoms with E-state index in [9.17, 15) is 9.90 Å². The Morgan fingerprint density at radius 3 is 2.53 bits per heavy atom. The summed E-state index contributed by atoms with van der Waals surface area (Å²) >= 11 is 6.73. The fraction of sp³-hybridized carbons (Fsp3) is 0.615. The molecule has 1 aliphatic carbocycles. The molecule has 5 nitrogen and oxygen atoms in total. The highest BCUT2D eigenvalue weighted by molar-refractivity contribution is 6.37. The molecule has 2 aromatic rings. The third-order valence-corrected chi connectivity index (χ3v) is 8.49. The standard InChI is InChI=1S/C26H33ClN2O3/c1-2-16-3-8-22(9-4-16)32-24-10-5-17-11-19(28-14-23(17)25(24)27)15-29-20-6-7-21(29)13-18(12-20)26(30)31/h5,10-11,14,16,18,20-22H,2-4,6-9,12-13,15H2,1H3,(H,30,31). The molecule has 1 N–H and O–H groups in total. The summed E-state index contributed by atoms with van der Waals surface area (Å²) in [5, 5.41) is 12.1. The summed E-state index contributed by atoms with van der Waals surface area (Å²) in [5.41, 5.74) is 1.02. The van der Waals surface area contributed by atoms with E-state index in [4.69, 9.17) is 21.3 Å². The number of pyridine rings is 1. The van der Waals surface area contributed by atoms with Crippen LogP contribution in [0.2, 0.25) is 5.02 Å². The molecule has 0 amide bonds. The molecule has 3 aliphatic rings. The zero-order valence-electron chi connectivity index (χ0n) is 18.8.